The lowest BCUT2D eigenvalue weighted by Crippen LogP contribution is -2.33. The Kier molecular flexibility index (Phi) is 2.61. The summed E-state index contributed by atoms with van der Waals surface area (Å²) in [6.45, 7) is 4.49. The van der Waals surface area contributed by atoms with Crippen LogP contribution in [0, 0.1) is 0 Å². The van der Waals surface area contributed by atoms with Crippen molar-refractivity contribution in [2.24, 2.45) is 0 Å². The lowest BCUT2D eigenvalue weighted by Gasteiger charge is -2.20. The maximum absolute atomic E-state index is 5.50. The lowest BCUT2D eigenvalue weighted by atomic mass is 10.3. The first kappa shape index (κ1) is 8.72. The van der Waals surface area contributed by atoms with Gasteiger partial charge in [-0.1, -0.05) is 6.92 Å². The van der Waals surface area contributed by atoms with Crippen molar-refractivity contribution in [3.63, 3.8) is 0 Å². The van der Waals surface area contributed by atoms with Crippen LogP contribution in [0.4, 0.5) is 0 Å². The van der Waals surface area contributed by atoms with Crippen LogP contribution in [-0.4, -0.2) is 24.7 Å². The predicted octanol–water partition coefficient (Wildman–Crippen LogP) is 0.898. The SMILES string of the molecule is CCc1cnc(C2CNCCO2)o1. The van der Waals surface area contributed by atoms with Crippen LogP contribution in [0.2, 0.25) is 0 Å². The number of hydrogen-bond acceptors (Lipinski definition) is 4. The Bertz CT molecular complexity index is 266. The average molecular weight is 182 g/mol. The molecule has 13 heavy (non-hydrogen) atoms. The van der Waals surface area contributed by atoms with E-state index in [1.54, 1.807) is 6.20 Å². The normalized spacial score (nSPS) is 23.3. The molecule has 4 heteroatoms. The molecular weight excluding hydrogens is 168 g/mol. The quantitative estimate of drug-likeness (QED) is 0.738. The maximum Gasteiger partial charge on any atom is 0.224 e. The van der Waals surface area contributed by atoms with Gasteiger partial charge in [0.05, 0.1) is 12.8 Å². The molecule has 0 saturated carbocycles. The summed E-state index contributed by atoms with van der Waals surface area (Å²) in [7, 11) is 0. The first-order valence-electron chi connectivity index (χ1n) is 4.67. The van der Waals surface area contributed by atoms with Gasteiger partial charge in [0.2, 0.25) is 5.89 Å². The number of aromatic nitrogens is 1. The van der Waals surface area contributed by atoms with Gasteiger partial charge in [-0.25, -0.2) is 4.98 Å². The molecule has 0 aromatic carbocycles. The van der Waals surface area contributed by atoms with E-state index in [1.165, 1.54) is 0 Å². The second-order valence-corrected chi connectivity index (χ2v) is 3.08. The maximum atomic E-state index is 5.50. The van der Waals surface area contributed by atoms with Gasteiger partial charge >= 0.3 is 0 Å². The molecule has 1 aliphatic heterocycles. The molecule has 0 aliphatic carbocycles. The van der Waals surface area contributed by atoms with E-state index in [0.29, 0.717) is 5.89 Å². The molecule has 0 amide bonds. The third-order valence-electron chi connectivity index (χ3n) is 2.12. The average Bonchev–Trinajstić information content (AvgIpc) is 2.67. The monoisotopic (exact) mass is 182 g/mol. The van der Waals surface area contributed by atoms with Gasteiger partial charge in [0.25, 0.3) is 0 Å². The molecule has 0 bridgehead atoms. The lowest BCUT2D eigenvalue weighted by molar-refractivity contribution is 0.0103. The zero-order chi connectivity index (χ0) is 9.10. The van der Waals surface area contributed by atoms with Crippen LogP contribution >= 0.6 is 0 Å². The van der Waals surface area contributed by atoms with E-state index in [0.717, 1.165) is 31.9 Å². The second kappa shape index (κ2) is 3.89. The van der Waals surface area contributed by atoms with Gasteiger partial charge in [0, 0.05) is 19.5 Å². The van der Waals surface area contributed by atoms with Crippen molar-refractivity contribution in [2.75, 3.05) is 19.7 Å². The van der Waals surface area contributed by atoms with Crippen LogP contribution in [0.1, 0.15) is 24.7 Å². The molecule has 1 aromatic rings. The molecule has 0 radical (unpaired) electrons. The molecule has 0 spiro atoms. The van der Waals surface area contributed by atoms with Crippen molar-refractivity contribution in [1.29, 1.82) is 0 Å². The fourth-order valence-corrected chi connectivity index (χ4v) is 1.36. The Morgan fingerprint density at radius 3 is 3.23 bits per heavy atom. The van der Waals surface area contributed by atoms with Crippen LogP contribution in [-0.2, 0) is 11.2 Å². The first-order chi connectivity index (χ1) is 6.40. The smallest absolute Gasteiger partial charge is 0.224 e. The topological polar surface area (TPSA) is 47.3 Å². The van der Waals surface area contributed by atoms with Gasteiger partial charge in [-0.05, 0) is 0 Å². The number of ether oxygens (including phenoxy) is 1. The summed E-state index contributed by atoms with van der Waals surface area (Å²) in [6.07, 6.45) is 2.65. The van der Waals surface area contributed by atoms with Crippen molar-refractivity contribution < 1.29 is 9.15 Å². The Balaban J connectivity index is 2.05. The number of nitrogens with one attached hydrogen (secondary N) is 1. The molecule has 1 saturated heterocycles. The van der Waals surface area contributed by atoms with Gasteiger partial charge in [-0.2, -0.15) is 0 Å². The number of morpholine rings is 1. The van der Waals surface area contributed by atoms with Crippen LogP contribution in [0.15, 0.2) is 10.6 Å². The highest BCUT2D eigenvalue weighted by Gasteiger charge is 2.20. The highest BCUT2D eigenvalue weighted by atomic mass is 16.5. The van der Waals surface area contributed by atoms with E-state index >= 15 is 0 Å². The standard InChI is InChI=1S/C9H14N2O2/c1-2-7-5-11-9(13-7)8-6-10-3-4-12-8/h5,8,10H,2-4,6H2,1H3. The molecule has 1 unspecified atom stereocenters. The van der Waals surface area contributed by atoms with Crippen LogP contribution < -0.4 is 5.32 Å². The summed E-state index contributed by atoms with van der Waals surface area (Å²) in [5.41, 5.74) is 0. The van der Waals surface area contributed by atoms with Crippen molar-refractivity contribution in [1.82, 2.24) is 10.3 Å². The molecule has 2 heterocycles. The second-order valence-electron chi connectivity index (χ2n) is 3.08. The number of aryl methyl sites for hydroxylation is 1. The number of rotatable bonds is 2. The Labute approximate surface area is 77.3 Å². The predicted molar refractivity (Wildman–Crippen MR) is 47.4 cm³/mol. The molecule has 4 nitrogen and oxygen atoms in total. The molecule has 72 valence electrons. The largest absolute Gasteiger partial charge is 0.443 e. The molecule has 1 aromatic heterocycles. The molecule has 1 atom stereocenters. The van der Waals surface area contributed by atoms with Crippen molar-refractivity contribution in [3.05, 3.63) is 17.8 Å². The highest BCUT2D eigenvalue weighted by molar-refractivity contribution is 4.97. The van der Waals surface area contributed by atoms with Crippen LogP contribution in [0.5, 0.6) is 0 Å². The van der Waals surface area contributed by atoms with Gasteiger partial charge in [-0.3, -0.25) is 0 Å². The minimum absolute atomic E-state index is 0.00551. The van der Waals surface area contributed by atoms with E-state index in [4.69, 9.17) is 9.15 Å². The Hall–Kier alpha value is -0.870. The third-order valence-corrected chi connectivity index (χ3v) is 2.12. The van der Waals surface area contributed by atoms with Crippen molar-refractivity contribution in [2.45, 2.75) is 19.4 Å². The third kappa shape index (κ3) is 1.89. The van der Waals surface area contributed by atoms with E-state index in [9.17, 15) is 0 Å². The van der Waals surface area contributed by atoms with Gasteiger partial charge in [0.1, 0.15) is 11.9 Å². The number of oxazole rings is 1. The van der Waals surface area contributed by atoms with Crippen molar-refractivity contribution in [3.8, 4) is 0 Å². The minimum atomic E-state index is -0.00551. The van der Waals surface area contributed by atoms with Crippen molar-refractivity contribution >= 4 is 0 Å². The van der Waals surface area contributed by atoms with Crippen LogP contribution in [0.3, 0.4) is 0 Å². The van der Waals surface area contributed by atoms with Crippen LogP contribution in [0.25, 0.3) is 0 Å². The summed E-state index contributed by atoms with van der Waals surface area (Å²) in [5, 5.41) is 3.24. The summed E-state index contributed by atoms with van der Waals surface area (Å²) in [5.74, 6) is 1.62. The Morgan fingerprint density at radius 1 is 1.69 bits per heavy atom. The van der Waals surface area contributed by atoms with E-state index in [-0.39, 0.29) is 6.10 Å². The number of hydrogen-bond donors (Lipinski definition) is 1. The summed E-state index contributed by atoms with van der Waals surface area (Å²) in [6, 6.07) is 0. The molecular formula is C9H14N2O2. The minimum Gasteiger partial charge on any atom is -0.443 e. The molecule has 2 rings (SSSR count). The zero-order valence-corrected chi connectivity index (χ0v) is 7.75. The molecule has 1 aliphatic rings. The van der Waals surface area contributed by atoms with E-state index < -0.39 is 0 Å². The fourth-order valence-electron chi connectivity index (χ4n) is 1.36. The van der Waals surface area contributed by atoms with Gasteiger partial charge in [-0.15, -0.1) is 0 Å². The number of nitrogens with zero attached hydrogens (tertiary/aromatic N) is 1. The van der Waals surface area contributed by atoms with E-state index in [2.05, 4.69) is 10.3 Å². The fraction of sp³-hybridized carbons (Fsp3) is 0.667. The summed E-state index contributed by atoms with van der Waals surface area (Å²) in [4.78, 5) is 4.18. The summed E-state index contributed by atoms with van der Waals surface area (Å²) < 4.78 is 11.0. The zero-order valence-electron chi connectivity index (χ0n) is 7.75. The van der Waals surface area contributed by atoms with Gasteiger partial charge in [0.15, 0.2) is 0 Å². The molecule has 1 N–H and O–H groups in total. The van der Waals surface area contributed by atoms with Gasteiger partial charge < -0.3 is 14.5 Å². The van der Waals surface area contributed by atoms with E-state index in [1.807, 2.05) is 6.92 Å². The first-order valence-corrected chi connectivity index (χ1v) is 4.67. The molecule has 1 fully saturated rings. The summed E-state index contributed by atoms with van der Waals surface area (Å²) >= 11 is 0. The Morgan fingerprint density at radius 2 is 2.62 bits per heavy atom. The highest BCUT2D eigenvalue weighted by Crippen LogP contribution is 2.18.